The van der Waals surface area contributed by atoms with Gasteiger partial charge in [0.15, 0.2) is 17.5 Å². The number of guanidine groups is 1. The lowest BCUT2D eigenvalue weighted by atomic mass is 10.1. The van der Waals surface area contributed by atoms with E-state index < -0.39 is 0 Å². The smallest absolute Gasteiger partial charge is 0.191 e. The standard InChI is InChI=1S/C21H28FN3O2/c1-4-23-21(24-12-13-27-15-17-8-6-5-7-9-17)25-16(2)18-10-11-20(26-3)19(22)14-18/h5-11,14,16H,4,12-13,15H2,1-3H3,(H2,23,24,25). The molecule has 2 aromatic carbocycles. The van der Waals surface area contributed by atoms with Gasteiger partial charge < -0.3 is 20.1 Å². The number of methoxy groups -OCH3 is 1. The zero-order valence-electron chi connectivity index (χ0n) is 16.2. The zero-order chi connectivity index (χ0) is 19.5. The largest absolute Gasteiger partial charge is 0.494 e. The molecular weight excluding hydrogens is 345 g/mol. The minimum absolute atomic E-state index is 0.103. The summed E-state index contributed by atoms with van der Waals surface area (Å²) in [5.41, 5.74) is 1.96. The molecule has 0 spiro atoms. The number of benzene rings is 2. The summed E-state index contributed by atoms with van der Waals surface area (Å²) in [6.07, 6.45) is 0. The van der Waals surface area contributed by atoms with Crippen molar-refractivity contribution in [3.8, 4) is 5.75 Å². The van der Waals surface area contributed by atoms with E-state index in [2.05, 4.69) is 15.6 Å². The third-order valence-electron chi connectivity index (χ3n) is 3.99. The van der Waals surface area contributed by atoms with Crippen LogP contribution in [0, 0.1) is 5.82 Å². The molecule has 0 aliphatic rings. The van der Waals surface area contributed by atoms with Gasteiger partial charge in [-0.25, -0.2) is 4.39 Å². The second kappa shape index (κ2) is 11.2. The van der Waals surface area contributed by atoms with Gasteiger partial charge >= 0.3 is 0 Å². The fourth-order valence-electron chi connectivity index (χ4n) is 2.55. The Morgan fingerprint density at radius 1 is 1.19 bits per heavy atom. The van der Waals surface area contributed by atoms with Crippen LogP contribution in [0.5, 0.6) is 5.75 Å². The molecule has 27 heavy (non-hydrogen) atoms. The van der Waals surface area contributed by atoms with Crippen LogP contribution in [0.3, 0.4) is 0 Å². The molecule has 0 saturated carbocycles. The second-order valence-corrected chi connectivity index (χ2v) is 6.06. The first-order chi connectivity index (χ1) is 13.1. The summed E-state index contributed by atoms with van der Waals surface area (Å²) in [5.74, 6) is 0.534. The molecule has 2 aromatic rings. The lowest BCUT2D eigenvalue weighted by Gasteiger charge is -2.18. The Kier molecular flexibility index (Phi) is 8.58. The van der Waals surface area contributed by atoms with Crippen molar-refractivity contribution in [1.29, 1.82) is 0 Å². The maximum Gasteiger partial charge on any atom is 0.191 e. The molecule has 146 valence electrons. The molecule has 0 aromatic heterocycles. The molecule has 0 aliphatic heterocycles. The molecule has 0 saturated heterocycles. The summed E-state index contributed by atoms with van der Waals surface area (Å²) < 4.78 is 24.5. The number of halogens is 1. The number of hydrogen-bond acceptors (Lipinski definition) is 3. The first-order valence-corrected chi connectivity index (χ1v) is 9.14. The van der Waals surface area contributed by atoms with Gasteiger partial charge in [-0.2, -0.15) is 0 Å². The maximum atomic E-state index is 13.9. The van der Waals surface area contributed by atoms with Crippen molar-refractivity contribution in [1.82, 2.24) is 10.6 Å². The van der Waals surface area contributed by atoms with E-state index in [0.29, 0.717) is 25.7 Å². The van der Waals surface area contributed by atoms with Gasteiger partial charge in [-0.3, -0.25) is 4.99 Å². The predicted octanol–water partition coefficient (Wildman–Crippen LogP) is 3.67. The third-order valence-corrected chi connectivity index (χ3v) is 3.99. The van der Waals surface area contributed by atoms with E-state index in [1.54, 1.807) is 6.07 Å². The summed E-state index contributed by atoms with van der Waals surface area (Å²) in [7, 11) is 1.45. The van der Waals surface area contributed by atoms with Crippen LogP contribution in [0.25, 0.3) is 0 Å². The van der Waals surface area contributed by atoms with Crippen LogP contribution in [-0.4, -0.2) is 32.8 Å². The number of ether oxygens (including phenoxy) is 2. The molecule has 0 amide bonds. The number of aliphatic imine (C=N–C) groups is 1. The van der Waals surface area contributed by atoms with E-state index in [1.807, 2.05) is 50.2 Å². The van der Waals surface area contributed by atoms with E-state index in [4.69, 9.17) is 9.47 Å². The Labute approximate surface area is 160 Å². The average molecular weight is 373 g/mol. The molecule has 2 rings (SSSR count). The van der Waals surface area contributed by atoms with Crippen LogP contribution in [0.15, 0.2) is 53.5 Å². The number of rotatable bonds is 9. The van der Waals surface area contributed by atoms with Gasteiger partial charge in [-0.1, -0.05) is 36.4 Å². The van der Waals surface area contributed by atoms with Gasteiger partial charge in [-0.05, 0) is 37.1 Å². The summed E-state index contributed by atoms with van der Waals surface area (Å²) >= 11 is 0. The van der Waals surface area contributed by atoms with Crippen LogP contribution >= 0.6 is 0 Å². The van der Waals surface area contributed by atoms with Crippen LogP contribution in [0.2, 0.25) is 0 Å². The fourth-order valence-corrected chi connectivity index (χ4v) is 2.55. The molecule has 1 unspecified atom stereocenters. The van der Waals surface area contributed by atoms with Crippen LogP contribution in [0.4, 0.5) is 4.39 Å². The molecule has 0 heterocycles. The Bertz CT molecular complexity index is 723. The highest BCUT2D eigenvalue weighted by molar-refractivity contribution is 5.80. The Morgan fingerprint density at radius 2 is 1.96 bits per heavy atom. The minimum atomic E-state index is -0.375. The van der Waals surface area contributed by atoms with Crippen molar-refractivity contribution in [2.75, 3.05) is 26.8 Å². The SMILES string of the molecule is CCNC(=NCCOCc1ccccc1)NC(C)c1ccc(OC)c(F)c1. The molecule has 0 bridgehead atoms. The molecule has 1 atom stereocenters. The molecule has 5 nitrogen and oxygen atoms in total. The normalized spacial score (nSPS) is 12.5. The Morgan fingerprint density at radius 3 is 2.63 bits per heavy atom. The topological polar surface area (TPSA) is 54.9 Å². The first-order valence-electron chi connectivity index (χ1n) is 9.14. The Balaban J connectivity index is 1.85. The van der Waals surface area contributed by atoms with Gasteiger partial charge in [-0.15, -0.1) is 0 Å². The lowest BCUT2D eigenvalue weighted by molar-refractivity contribution is 0.128. The van der Waals surface area contributed by atoms with E-state index in [9.17, 15) is 4.39 Å². The predicted molar refractivity (Wildman–Crippen MR) is 107 cm³/mol. The summed E-state index contributed by atoms with van der Waals surface area (Å²) in [5, 5.41) is 6.48. The van der Waals surface area contributed by atoms with Gasteiger partial charge in [0, 0.05) is 6.54 Å². The lowest BCUT2D eigenvalue weighted by Crippen LogP contribution is -2.39. The van der Waals surface area contributed by atoms with Crippen molar-refractivity contribution < 1.29 is 13.9 Å². The number of nitrogens with one attached hydrogen (secondary N) is 2. The van der Waals surface area contributed by atoms with Crippen molar-refractivity contribution in [3.05, 3.63) is 65.5 Å². The minimum Gasteiger partial charge on any atom is -0.494 e. The molecule has 2 N–H and O–H groups in total. The summed E-state index contributed by atoms with van der Waals surface area (Å²) in [4.78, 5) is 4.52. The van der Waals surface area contributed by atoms with Crippen LogP contribution < -0.4 is 15.4 Å². The van der Waals surface area contributed by atoms with Gasteiger partial charge in [0.05, 0.1) is 32.9 Å². The van der Waals surface area contributed by atoms with Crippen molar-refractivity contribution in [2.45, 2.75) is 26.5 Å². The maximum absolute atomic E-state index is 13.9. The van der Waals surface area contributed by atoms with Gasteiger partial charge in [0.25, 0.3) is 0 Å². The molecular formula is C21H28FN3O2. The van der Waals surface area contributed by atoms with Gasteiger partial charge in [0.2, 0.25) is 0 Å². The van der Waals surface area contributed by atoms with E-state index >= 15 is 0 Å². The van der Waals surface area contributed by atoms with E-state index in [-0.39, 0.29) is 17.6 Å². The summed E-state index contributed by atoms with van der Waals surface area (Å²) in [6, 6.07) is 14.9. The van der Waals surface area contributed by atoms with Crippen LogP contribution in [0.1, 0.15) is 31.0 Å². The van der Waals surface area contributed by atoms with E-state index in [1.165, 1.54) is 13.2 Å². The summed E-state index contributed by atoms with van der Waals surface area (Å²) in [6.45, 7) is 6.33. The van der Waals surface area contributed by atoms with Gasteiger partial charge in [0.1, 0.15) is 0 Å². The highest BCUT2D eigenvalue weighted by atomic mass is 19.1. The van der Waals surface area contributed by atoms with Crippen molar-refractivity contribution >= 4 is 5.96 Å². The molecule has 0 radical (unpaired) electrons. The second-order valence-electron chi connectivity index (χ2n) is 6.06. The zero-order valence-corrected chi connectivity index (χ0v) is 16.2. The highest BCUT2D eigenvalue weighted by Crippen LogP contribution is 2.21. The fraction of sp³-hybridized carbons (Fsp3) is 0.381. The monoisotopic (exact) mass is 373 g/mol. The quantitative estimate of drug-likeness (QED) is 0.400. The number of hydrogen-bond donors (Lipinski definition) is 2. The van der Waals surface area contributed by atoms with Crippen LogP contribution in [-0.2, 0) is 11.3 Å². The van der Waals surface area contributed by atoms with Crippen molar-refractivity contribution in [3.63, 3.8) is 0 Å². The first kappa shape index (κ1) is 20.7. The third kappa shape index (κ3) is 6.90. The van der Waals surface area contributed by atoms with E-state index in [0.717, 1.165) is 17.7 Å². The molecule has 0 fully saturated rings. The Hall–Kier alpha value is -2.60. The molecule has 6 heteroatoms. The number of nitrogens with zero attached hydrogens (tertiary/aromatic N) is 1. The highest BCUT2D eigenvalue weighted by Gasteiger charge is 2.11. The van der Waals surface area contributed by atoms with Crippen molar-refractivity contribution in [2.24, 2.45) is 4.99 Å². The average Bonchev–Trinajstić information content (AvgIpc) is 2.68. The molecule has 0 aliphatic carbocycles.